The van der Waals surface area contributed by atoms with Crippen LogP contribution in [-0.4, -0.2) is 62.1 Å². The number of phenolic OH excluding ortho intramolecular Hbond substituents is 1. The van der Waals surface area contributed by atoms with Crippen molar-refractivity contribution in [3.63, 3.8) is 0 Å². The third-order valence-corrected chi connectivity index (χ3v) is 9.95. The second-order valence-corrected chi connectivity index (χ2v) is 13.4. The number of hydrogen-bond acceptors (Lipinski definition) is 4. The molecule has 1 aromatic heterocycles. The average molecular weight is 529 g/mol. The lowest BCUT2D eigenvalue weighted by molar-refractivity contribution is -0.141. The molecule has 3 atom stereocenters. The Bertz CT molecular complexity index is 1330. The van der Waals surface area contributed by atoms with Gasteiger partial charge in [0.25, 0.3) is 0 Å². The lowest BCUT2D eigenvalue weighted by atomic mass is 9.70. The number of phenols is 1. The molecule has 1 unspecified atom stereocenters. The molecular formula is C33H44N4O2. The molecule has 0 radical (unpaired) electrons. The van der Waals surface area contributed by atoms with Crippen LogP contribution in [0.15, 0.2) is 48.5 Å². The molecule has 3 aliphatic heterocycles. The van der Waals surface area contributed by atoms with Gasteiger partial charge in [0, 0.05) is 42.0 Å². The molecule has 0 saturated carbocycles. The number of aromatic hydroxyl groups is 1. The van der Waals surface area contributed by atoms with Gasteiger partial charge in [-0.15, -0.1) is 0 Å². The second-order valence-electron chi connectivity index (χ2n) is 13.4. The monoisotopic (exact) mass is 528 g/mol. The number of benzene rings is 2. The summed E-state index contributed by atoms with van der Waals surface area (Å²) in [5, 5.41) is 10.4. The molecule has 2 aromatic carbocycles. The zero-order chi connectivity index (χ0) is 27.4. The second kappa shape index (κ2) is 9.96. The van der Waals surface area contributed by atoms with Gasteiger partial charge < -0.3 is 14.6 Å². The van der Waals surface area contributed by atoms with E-state index >= 15 is 0 Å². The van der Waals surface area contributed by atoms with Crippen LogP contribution < -0.4 is 0 Å². The molecule has 3 aromatic rings. The molecule has 1 N–H and O–H groups in total. The number of likely N-dealkylation sites (tertiary alicyclic amines) is 1. The molecule has 6 heteroatoms. The number of carbonyl (C=O) groups is 1. The molecule has 2 bridgehead atoms. The van der Waals surface area contributed by atoms with Crippen LogP contribution in [0.3, 0.4) is 0 Å². The summed E-state index contributed by atoms with van der Waals surface area (Å²) in [5.74, 6) is 1.71. The summed E-state index contributed by atoms with van der Waals surface area (Å²) >= 11 is 0. The topological polar surface area (TPSA) is 61.6 Å². The van der Waals surface area contributed by atoms with E-state index in [1.807, 2.05) is 32.9 Å². The van der Waals surface area contributed by atoms with E-state index in [1.165, 1.54) is 36.8 Å². The molecule has 6 nitrogen and oxygen atoms in total. The number of aromatic nitrogens is 2. The summed E-state index contributed by atoms with van der Waals surface area (Å²) < 4.78 is 2.51. The smallest absolute Gasteiger partial charge is 0.227 e. The highest BCUT2D eigenvalue weighted by Crippen LogP contribution is 2.45. The van der Waals surface area contributed by atoms with Gasteiger partial charge in [-0.2, -0.15) is 0 Å². The number of hydrogen-bond donors (Lipinski definition) is 1. The van der Waals surface area contributed by atoms with Crippen LogP contribution in [0.2, 0.25) is 0 Å². The summed E-state index contributed by atoms with van der Waals surface area (Å²) in [7, 11) is 0. The van der Waals surface area contributed by atoms with Crippen molar-refractivity contribution in [3.05, 3.63) is 59.9 Å². The van der Waals surface area contributed by atoms with E-state index in [1.54, 1.807) is 6.07 Å². The summed E-state index contributed by atoms with van der Waals surface area (Å²) in [6.45, 7) is 10.8. The molecule has 4 heterocycles. The van der Waals surface area contributed by atoms with Gasteiger partial charge in [0.05, 0.1) is 11.0 Å². The van der Waals surface area contributed by atoms with Gasteiger partial charge in [-0.1, -0.05) is 45.0 Å². The summed E-state index contributed by atoms with van der Waals surface area (Å²) in [6.07, 6.45) is 7.89. The van der Waals surface area contributed by atoms with E-state index < -0.39 is 0 Å². The van der Waals surface area contributed by atoms with Crippen molar-refractivity contribution in [2.45, 2.75) is 96.2 Å². The minimum Gasteiger partial charge on any atom is -0.508 e. The average Bonchev–Trinajstić information content (AvgIpc) is 3.37. The van der Waals surface area contributed by atoms with Crippen molar-refractivity contribution in [2.75, 3.05) is 19.6 Å². The lowest BCUT2D eigenvalue weighted by Gasteiger charge is -2.46. The quantitative estimate of drug-likeness (QED) is 0.427. The van der Waals surface area contributed by atoms with Crippen LogP contribution in [0, 0.1) is 12.3 Å². The Morgan fingerprint density at radius 2 is 1.69 bits per heavy atom. The highest BCUT2D eigenvalue weighted by atomic mass is 16.3. The fourth-order valence-electron chi connectivity index (χ4n) is 7.92. The molecular weight excluding hydrogens is 484 g/mol. The predicted octanol–water partition coefficient (Wildman–Crippen LogP) is 6.21. The molecule has 6 rings (SSSR count). The highest BCUT2D eigenvalue weighted by molar-refractivity contribution is 5.81. The SMILES string of the molecule is Cc1nc2ccccc2n1C1C[C@H]2CC[C@@H](C1)N2CCC1(c2cccc(O)c2)CCN(C(=O)C(C)(C)C)CC1. The van der Waals surface area contributed by atoms with Crippen molar-refractivity contribution in [3.8, 4) is 5.75 Å². The first-order valence-corrected chi connectivity index (χ1v) is 14.9. The minimum atomic E-state index is -0.354. The van der Waals surface area contributed by atoms with Crippen molar-refractivity contribution >= 4 is 16.9 Å². The standard InChI is InChI=1S/C33H44N4O2/c1-23-34-29-10-5-6-11-30(29)37(23)27-21-25-12-13-26(22-27)36(25)19-16-33(24-8-7-9-28(38)20-24)14-17-35(18-15-33)31(39)32(2,3)4/h5-11,20,25-27,38H,12-19,21-22H2,1-4H3/t25-,26+,27?. The van der Waals surface area contributed by atoms with Crippen molar-refractivity contribution in [1.82, 2.24) is 19.4 Å². The normalized spacial score (nSPS) is 25.3. The van der Waals surface area contributed by atoms with Crippen molar-refractivity contribution < 1.29 is 9.90 Å². The maximum Gasteiger partial charge on any atom is 0.227 e. The van der Waals surface area contributed by atoms with E-state index in [0.29, 0.717) is 23.9 Å². The largest absolute Gasteiger partial charge is 0.508 e. The Balaban J connectivity index is 1.19. The Morgan fingerprint density at radius 1 is 1.00 bits per heavy atom. The maximum atomic E-state index is 13.0. The van der Waals surface area contributed by atoms with Gasteiger partial charge in [-0.05, 0) is 88.2 Å². The van der Waals surface area contributed by atoms with E-state index in [4.69, 9.17) is 4.98 Å². The Labute approximate surface area is 233 Å². The number of aryl methyl sites for hydroxylation is 1. The molecule has 1 amide bonds. The molecule has 3 saturated heterocycles. The van der Waals surface area contributed by atoms with Gasteiger partial charge in [0.1, 0.15) is 11.6 Å². The van der Waals surface area contributed by atoms with E-state index in [9.17, 15) is 9.90 Å². The Kier molecular flexibility index (Phi) is 6.73. The first-order chi connectivity index (χ1) is 18.6. The van der Waals surface area contributed by atoms with Gasteiger partial charge in [0.15, 0.2) is 0 Å². The summed E-state index contributed by atoms with van der Waals surface area (Å²) in [6, 6.07) is 18.2. The Hall–Kier alpha value is -2.86. The number of amides is 1. The van der Waals surface area contributed by atoms with Gasteiger partial charge in [-0.3, -0.25) is 9.69 Å². The van der Waals surface area contributed by atoms with Crippen LogP contribution in [0.4, 0.5) is 0 Å². The number of piperidine rings is 2. The molecule has 3 fully saturated rings. The summed E-state index contributed by atoms with van der Waals surface area (Å²) in [5.41, 5.74) is 3.24. The van der Waals surface area contributed by atoms with Crippen LogP contribution in [0.1, 0.15) is 83.1 Å². The molecule has 3 aliphatic rings. The van der Waals surface area contributed by atoms with E-state index in [-0.39, 0.29) is 16.7 Å². The molecule has 0 aliphatic carbocycles. The number of imidazole rings is 1. The van der Waals surface area contributed by atoms with Gasteiger partial charge in [-0.25, -0.2) is 4.98 Å². The first-order valence-electron chi connectivity index (χ1n) is 14.9. The molecule has 39 heavy (non-hydrogen) atoms. The maximum absolute atomic E-state index is 13.0. The lowest BCUT2D eigenvalue weighted by Crippen LogP contribution is -2.50. The predicted molar refractivity (Wildman–Crippen MR) is 156 cm³/mol. The molecule has 0 spiro atoms. The fraction of sp³-hybridized carbons (Fsp3) is 0.576. The zero-order valence-corrected chi connectivity index (χ0v) is 24.1. The highest BCUT2D eigenvalue weighted by Gasteiger charge is 2.44. The fourth-order valence-corrected chi connectivity index (χ4v) is 7.92. The number of fused-ring (bicyclic) bond motifs is 3. The van der Waals surface area contributed by atoms with Gasteiger partial charge >= 0.3 is 0 Å². The van der Waals surface area contributed by atoms with Crippen molar-refractivity contribution in [2.24, 2.45) is 5.41 Å². The van der Waals surface area contributed by atoms with Crippen LogP contribution >= 0.6 is 0 Å². The van der Waals surface area contributed by atoms with Crippen LogP contribution in [-0.2, 0) is 10.2 Å². The van der Waals surface area contributed by atoms with Crippen LogP contribution in [0.25, 0.3) is 11.0 Å². The number of rotatable bonds is 5. The summed E-state index contributed by atoms with van der Waals surface area (Å²) in [4.78, 5) is 22.8. The van der Waals surface area contributed by atoms with Crippen LogP contribution in [0.5, 0.6) is 5.75 Å². The Morgan fingerprint density at radius 3 is 2.36 bits per heavy atom. The third-order valence-electron chi connectivity index (χ3n) is 9.95. The number of para-hydroxylation sites is 2. The van der Waals surface area contributed by atoms with Crippen molar-refractivity contribution in [1.29, 1.82) is 0 Å². The minimum absolute atomic E-state index is 0.0131. The molecule has 208 valence electrons. The van der Waals surface area contributed by atoms with E-state index in [0.717, 1.165) is 50.2 Å². The first kappa shape index (κ1) is 26.4. The number of nitrogens with zero attached hydrogens (tertiary/aromatic N) is 4. The number of carbonyl (C=O) groups excluding carboxylic acids is 1. The van der Waals surface area contributed by atoms with E-state index in [2.05, 4.69) is 51.6 Å². The van der Waals surface area contributed by atoms with Gasteiger partial charge in [0.2, 0.25) is 5.91 Å². The zero-order valence-electron chi connectivity index (χ0n) is 24.1. The third kappa shape index (κ3) is 4.86.